The largest absolute Gasteiger partial charge is 0.389 e. The molecule has 0 fully saturated rings. The standard InChI is InChI=1S/C10H16N2O2S/c1-7-8(5-15-11-7)9(13)12(4)6-10(2,3)14/h5,14H,6H2,1-4H3. The Kier molecular flexibility index (Phi) is 3.46. The molecule has 1 aromatic rings. The van der Waals surface area contributed by atoms with Crippen molar-refractivity contribution in [2.45, 2.75) is 26.4 Å². The van der Waals surface area contributed by atoms with Gasteiger partial charge in [0.05, 0.1) is 16.9 Å². The first kappa shape index (κ1) is 12.1. The second kappa shape index (κ2) is 4.28. The Morgan fingerprint density at radius 2 is 2.27 bits per heavy atom. The van der Waals surface area contributed by atoms with Crippen LogP contribution in [0.3, 0.4) is 0 Å². The zero-order chi connectivity index (χ0) is 11.6. The molecule has 0 radical (unpaired) electrons. The SMILES string of the molecule is Cc1nscc1C(=O)N(C)CC(C)(C)O. The van der Waals surface area contributed by atoms with Crippen LogP contribution in [0.15, 0.2) is 5.38 Å². The number of nitrogens with zero attached hydrogens (tertiary/aromatic N) is 2. The van der Waals surface area contributed by atoms with Crippen LogP contribution in [0.1, 0.15) is 29.9 Å². The van der Waals surface area contributed by atoms with Gasteiger partial charge >= 0.3 is 0 Å². The van der Waals surface area contributed by atoms with Gasteiger partial charge in [-0.15, -0.1) is 0 Å². The summed E-state index contributed by atoms with van der Waals surface area (Å²) in [5, 5.41) is 11.3. The van der Waals surface area contributed by atoms with Crippen molar-refractivity contribution >= 4 is 17.4 Å². The maximum Gasteiger partial charge on any atom is 0.256 e. The van der Waals surface area contributed by atoms with Crippen molar-refractivity contribution in [1.29, 1.82) is 0 Å². The highest BCUT2D eigenvalue weighted by Crippen LogP contribution is 2.13. The van der Waals surface area contributed by atoms with Gasteiger partial charge in [0.2, 0.25) is 0 Å². The quantitative estimate of drug-likeness (QED) is 0.848. The van der Waals surface area contributed by atoms with Gasteiger partial charge in [-0.3, -0.25) is 4.79 Å². The van der Waals surface area contributed by atoms with Crippen molar-refractivity contribution in [3.8, 4) is 0 Å². The average Bonchev–Trinajstić information content (AvgIpc) is 2.47. The molecule has 0 aromatic carbocycles. The second-order valence-electron chi connectivity index (χ2n) is 4.29. The summed E-state index contributed by atoms with van der Waals surface area (Å²) in [6.45, 7) is 5.47. The number of hydrogen-bond donors (Lipinski definition) is 1. The number of amides is 1. The molecule has 1 heterocycles. The Bertz CT molecular complexity index is 355. The zero-order valence-corrected chi connectivity index (χ0v) is 10.3. The number of aryl methyl sites for hydroxylation is 1. The monoisotopic (exact) mass is 228 g/mol. The van der Waals surface area contributed by atoms with Crippen LogP contribution in [0.2, 0.25) is 0 Å². The van der Waals surface area contributed by atoms with E-state index in [-0.39, 0.29) is 5.91 Å². The summed E-state index contributed by atoms with van der Waals surface area (Å²) < 4.78 is 4.05. The maximum atomic E-state index is 11.9. The molecule has 4 nitrogen and oxygen atoms in total. The minimum absolute atomic E-state index is 0.0941. The lowest BCUT2D eigenvalue weighted by Gasteiger charge is -2.25. The Morgan fingerprint density at radius 1 is 1.67 bits per heavy atom. The lowest BCUT2D eigenvalue weighted by atomic mass is 10.1. The third-order valence-electron chi connectivity index (χ3n) is 1.95. The minimum atomic E-state index is -0.873. The van der Waals surface area contributed by atoms with Crippen molar-refractivity contribution in [1.82, 2.24) is 9.27 Å². The van der Waals surface area contributed by atoms with E-state index in [4.69, 9.17) is 0 Å². The fraction of sp³-hybridized carbons (Fsp3) is 0.600. The van der Waals surface area contributed by atoms with E-state index in [1.807, 2.05) is 6.92 Å². The summed E-state index contributed by atoms with van der Waals surface area (Å²) in [4.78, 5) is 13.4. The molecule has 0 spiro atoms. The lowest BCUT2D eigenvalue weighted by molar-refractivity contribution is 0.0367. The number of likely N-dealkylation sites (N-methyl/N-ethyl adjacent to an activating group) is 1. The fourth-order valence-electron chi connectivity index (χ4n) is 1.36. The number of carbonyl (C=O) groups is 1. The molecule has 0 aliphatic heterocycles. The topological polar surface area (TPSA) is 53.4 Å². The second-order valence-corrected chi connectivity index (χ2v) is 4.92. The van der Waals surface area contributed by atoms with Crippen LogP contribution in [0.4, 0.5) is 0 Å². The van der Waals surface area contributed by atoms with Crippen molar-refractivity contribution in [3.05, 3.63) is 16.6 Å². The molecule has 5 heteroatoms. The first-order chi connectivity index (χ1) is 6.81. The summed E-state index contributed by atoms with van der Waals surface area (Å²) in [6, 6.07) is 0. The van der Waals surface area contributed by atoms with E-state index in [1.165, 1.54) is 16.4 Å². The average molecular weight is 228 g/mol. The van der Waals surface area contributed by atoms with E-state index in [9.17, 15) is 9.90 Å². The highest BCUT2D eigenvalue weighted by atomic mass is 32.1. The van der Waals surface area contributed by atoms with Crippen molar-refractivity contribution in [2.24, 2.45) is 0 Å². The van der Waals surface area contributed by atoms with Gasteiger partial charge in [-0.1, -0.05) is 0 Å². The van der Waals surface area contributed by atoms with Crippen molar-refractivity contribution in [3.63, 3.8) is 0 Å². The predicted molar refractivity (Wildman–Crippen MR) is 60.1 cm³/mol. The molecule has 0 aliphatic rings. The molecule has 0 saturated carbocycles. The normalized spacial score (nSPS) is 11.5. The van der Waals surface area contributed by atoms with Gasteiger partial charge in [0.25, 0.3) is 5.91 Å². The van der Waals surface area contributed by atoms with Gasteiger partial charge < -0.3 is 10.0 Å². The van der Waals surface area contributed by atoms with E-state index in [1.54, 1.807) is 26.3 Å². The third-order valence-corrected chi connectivity index (χ3v) is 2.67. The molecular weight excluding hydrogens is 212 g/mol. The molecule has 1 rings (SSSR count). The van der Waals surface area contributed by atoms with Gasteiger partial charge in [0.15, 0.2) is 0 Å². The van der Waals surface area contributed by atoms with Crippen LogP contribution in [-0.4, -0.2) is 39.5 Å². The van der Waals surface area contributed by atoms with Crippen LogP contribution >= 0.6 is 11.5 Å². The molecule has 0 bridgehead atoms. The van der Waals surface area contributed by atoms with Crippen molar-refractivity contribution in [2.75, 3.05) is 13.6 Å². The summed E-state index contributed by atoms with van der Waals surface area (Å²) in [5.74, 6) is -0.0941. The highest BCUT2D eigenvalue weighted by Gasteiger charge is 2.22. The summed E-state index contributed by atoms with van der Waals surface area (Å²) in [5.41, 5.74) is 0.487. The smallest absolute Gasteiger partial charge is 0.256 e. The molecule has 0 aliphatic carbocycles. The Morgan fingerprint density at radius 3 is 2.67 bits per heavy atom. The van der Waals surface area contributed by atoms with Gasteiger partial charge in [-0.25, -0.2) is 0 Å². The van der Waals surface area contributed by atoms with Gasteiger partial charge in [0.1, 0.15) is 0 Å². The number of aliphatic hydroxyl groups is 1. The molecular formula is C10H16N2O2S. The van der Waals surface area contributed by atoms with Crippen LogP contribution < -0.4 is 0 Å². The van der Waals surface area contributed by atoms with Crippen LogP contribution in [0, 0.1) is 6.92 Å². The van der Waals surface area contributed by atoms with Crippen LogP contribution in [0.5, 0.6) is 0 Å². The Balaban J connectivity index is 2.74. The molecule has 0 saturated heterocycles. The van der Waals surface area contributed by atoms with Gasteiger partial charge in [0, 0.05) is 19.0 Å². The first-order valence-corrected chi connectivity index (χ1v) is 5.54. The predicted octanol–water partition coefficient (Wildman–Crippen LogP) is 1.29. The minimum Gasteiger partial charge on any atom is -0.389 e. The highest BCUT2D eigenvalue weighted by molar-refractivity contribution is 7.03. The van der Waals surface area contributed by atoms with E-state index in [2.05, 4.69) is 4.37 Å². The summed E-state index contributed by atoms with van der Waals surface area (Å²) >= 11 is 1.27. The van der Waals surface area contributed by atoms with Crippen LogP contribution in [0.25, 0.3) is 0 Å². The maximum absolute atomic E-state index is 11.9. The number of aromatic nitrogens is 1. The van der Waals surface area contributed by atoms with E-state index < -0.39 is 5.60 Å². The molecule has 1 aromatic heterocycles. The van der Waals surface area contributed by atoms with Crippen molar-refractivity contribution < 1.29 is 9.90 Å². The Hall–Kier alpha value is -0.940. The number of carbonyl (C=O) groups excluding carboxylic acids is 1. The summed E-state index contributed by atoms with van der Waals surface area (Å²) in [7, 11) is 1.68. The van der Waals surface area contributed by atoms with E-state index in [0.29, 0.717) is 12.1 Å². The molecule has 0 atom stereocenters. The van der Waals surface area contributed by atoms with Gasteiger partial charge in [-0.2, -0.15) is 4.37 Å². The third kappa shape index (κ3) is 3.28. The van der Waals surface area contributed by atoms with E-state index in [0.717, 1.165) is 5.69 Å². The molecule has 15 heavy (non-hydrogen) atoms. The summed E-state index contributed by atoms with van der Waals surface area (Å²) in [6.07, 6.45) is 0. The Labute approximate surface area is 93.7 Å². The molecule has 0 unspecified atom stereocenters. The lowest BCUT2D eigenvalue weighted by Crippen LogP contribution is -2.39. The fourth-order valence-corrected chi connectivity index (χ4v) is 2.04. The van der Waals surface area contributed by atoms with Gasteiger partial charge in [-0.05, 0) is 32.3 Å². The van der Waals surface area contributed by atoms with E-state index >= 15 is 0 Å². The van der Waals surface area contributed by atoms with Crippen LogP contribution in [-0.2, 0) is 0 Å². The zero-order valence-electron chi connectivity index (χ0n) is 9.44. The molecule has 84 valence electrons. The number of hydrogen-bond acceptors (Lipinski definition) is 4. The number of rotatable bonds is 3. The molecule has 1 N–H and O–H groups in total. The first-order valence-electron chi connectivity index (χ1n) is 4.70. The molecule has 1 amide bonds.